The third-order valence-electron chi connectivity index (χ3n) is 3.10. The number of H-pyrrole nitrogens is 1. The van der Waals surface area contributed by atoms with E-state index in [0.29, 0.717) is 15.6 Å². The molecule has 1 amide bonds. The van der Waals surface area contributed by atoms with E-state index in [1.165, 1.54) is 23.9 Å². The van der Waals surface area contributed by atoms with Crippen LogP contribution in [-0.2, 0) is 0 Å². The van der Waals surface area contributed by atoms with Crippen molar-refractivity contribution in [3.8, 4) is 0 Å². The number of hydrogen-bond donors (Lipinski definition) is 3. The SMILES string of the molecule is NNC(=O)c1[nH]c2ccc(Cl)cc2c1Sc1ccc(F)cc1. The van der Waals surface area contributed by atoms with Crippen molar-refractivity contribution in [2.45, 2.75) is 9.79 Å². The van der Waals surface area contributed by atoms with Gasteiger partial charge in [0.15, 0.2) is 0 Å². The number of carbonyl (C=O) groups excluding carboxylic acids is 1. The van der Waals surface area contributed by atoms with Crippen molar-refractivity contribution in [1.29, 1.82) is 0 Å². The first-order chi connectivity index (χ1) is 10.6. The van der Waals surface area contributed by atoms with Gasteiger partial charge in [0.05, 0.1) is 4.90 Å². The van der Waals surface area contributed by atoms with E-state index >= 15 is 0 Å². The van der Waals surface area contributed by atoms with E-state index in [4.69, 9.17) is 17.4 Å². The third-order valence-corrected chi connectivity index (χ3v) is 4.48. The predicted molar refractivity (Wildman–Crippen MR) is 85.5 cm³/mol. The summed E-state index contributed by atoms with van der Waals surface area (Å²) in [4.78, 5) is 16.5. The summed E-state index contributed by atoms with van der Waals surface area (Å²) in [6.45, 7) is 0. The van der Waals surface area contributed by atoms with E-state index in [-0.39, 0.29) is 5.82 Å². The minimum Gasteiger partial charge on any atom is -0.350 e. The average Bonchev–Trinajstić information content (AvgIpc) is 2.87. The molecule has 0 radical (unpaired) electrons. The van der Waals surface area contributed by atoms with Crippen molar-refractivity contribution in [3.63, 3.8) is 0 Å². The maximum absolute atomic E-state index is 13.0. The summed E-state index contributed by atoms with van der Waals surface area (Å²) in [5.74, 6) is 4.49. The molecule has 0 atom stereocenters. The molecule has 3 rings (SSSR count). The van der Waals surface area contributed by atoms with Gasteiger partial charge in [0.2, 0.25) is 0 Å². The van der Waals surface area contributed by atoms with Crippen LogP contribution in [0.3, 0.4) is 0 Å². The van der Waals surface area contributed by atoms with E-state index in [1.807, 2.05) is 0 Å². The Morgan fingerprint density at radius 2 is 1.95 bits per heavy atom. The van der Waals surface area contributed by atoms with Gasteiger partial charge in [-0.25, -0.2) is 10.2 Å². The summed E-state index contributed by atoms with van der Waals surface area (Å²) in [6.07, 6.45) is 0. The molecule has 2 aromatic carbocycles. The molecule has 4 N–H and O–H groups in total. The summed E-state index contributed by atoms with van der Waals surface area (Å²) >= 11 is 7.38. The van der Waals surface area contributed by atoms with Gasteiger partial charge in [-0.2, -0.15) is 0 Å². The molecule has 1 aromatic heterocycles. The van der Waals surface area contributed by atoms with E-state index in [2.05, 4.69) is 10.4 Å². The lowest BCUT2D eigenvalue weighted by Crippen LogP contribution is -2.30. The second-order valence-corrected chi connectivity index (χ2v) is 6.07. The van der Waals surface area contributed by atoms with E-state index in [1.54, 1.807) is 30.3 Å². The molecule has 112 valence electrons. The molecule has 4 nitrogen and oxygen atoms in total. The number of nitrogens with one attached hydrogen (secondary N) is 2. The van der Waals surface area contributed by atoms with Gasteiger partial charge in [0, 0.05) is 20.8 Å². The van der Waals surface area contributed by atoms with Gasteiger partial charge in [-0.15, -0.1) is 0 Å². The first-order valence-corrected chi connectivity index (χ1v) is 7.53. The van der Waals surface area contributed by atoms with Crippen LogP contribution in [0.5, 0.6) is 0 Å². The van der Waals surface area contributed by atoms with Crippen LogP contribution in [0.4, 0.5) is 4.39 Å². The van der Waals surface area contributed by atoms with Gasteiger partial charge in [0.25, 0.3) is 5.91 Å². The number of aromatic amines is 1. The quantitative estimate of drug-likeness (QED) is 0.388. The monoisotopic (exact) mass is 335 g/mol. The van der Waals surface area contributed by atoms with Gasteiger partial charge < -0.3 is 4.98 Å². The number of fused-ring (bicyclic) bond motifs is 1. The minimum atomic E-state index is -0.433. The fourth-order valence-electron chi connectivity index (χ4n) is 2.10. The van der Waals surface area contributed by atoms with Crippen molar-refractivity contribution >= 4 is 40.2 Å². The Bertz CT molecular complexity index is 848. The van der Waals surface area contributed by atoms with Crippen LogP contribution in [-0.4, -0.2) is 10.9 Å². The molecule has 7 heteroatoms. The Morgan fingerprint density at radius 1 is 1.23 bits per heavy atom. The van der Waals surface area contributed by atoms with Crippen LogP contribution in [0.15, 0.2) is 52.3 Å². The standard InChI is InChI=1S/C15H11ClFN3OS/c16-8-1-6-12-11(7-8)14(13(19-12)15(21)20-18)22-10-4-2-9(17)3-5-10/h1-7,19H,18H2,(H,20,21). The number of carbonyl (C=O) groups is 1. The highest BCUT2D eigenvalue weighted by atomic mass is 35.5. The van der Waals surface area contributed by atoms with Gasteiger partial charge in [0.1, 0.15) is 11.5 Å². The molecular formula is C15H11ClFN3OS. The Labute approximate surface area is 134 Å². The number of rotatable bonds is 3. The molecule has 0 aliphatic heterocycles. The van der Waals surface area contributed by atoms with Crippen molar-refractivity contribution in [2.24, 2.45) is 5.84 Å². The second kappa shape index (κ2) is 6.00. The molecule has 0 fully saturated rings. The van der Waals surface area contributed by atoms with Gasteiger partial charge in [-0.3, -0.25) is 10.2 Å². The molecule has 22 heavy (non-hydrogen) atoms. The Balaban J connectivity index is 2.13. The highest BCUT2D eigenvalue weighted by molar-refractivity contribution is 7.99. The summed E-state index contributed by atoms with van der Waals surface area (Å²) in [5, 5.41) is 1.37. The van der Waals surface area contributed by atoms with Crippen molar-refractivity contribution in [1.82, 2.24) is 10.4 Å². The summed E-state index contributed by atoms with van der Waals surface area (Å²) in [7, 11) is 0. The Hall–Kier alpha value is -2.02. The topological polar surface area (TPSA) is 70.9 Å². The first kappa shape index (κ1) is 14.9. The van der Waals surface area contributed by atoms with E-state index < -0.39 is 5.91 Å². The number of halogens is 2. The zero-order chi connectivity index (χ0) is 15.7. The van der Waals surface area contributed by atoms with Crippen LogP contribution in [0.1, 0.15) is 10.5 Å². The number of nitrogen functional groups attached to an aromatic ring is 1. The van der Waals surface area contributed by atoms with Gasteiger partial charge in [-0.05, 0) is 42.5 Å². The van der Waals surface area contributed by atoms with Crippen LogP contribution < -0.4 is 11.3 Å². The molecule has 3 aromatic rings. The fraction of sp³-hybridized carbons (Fsp3) is 0. The fourth-order valence-corrected chi connectivity index (χ4v) is 3.30. The minimum absolute atomic E-state index is 0.314. The normalized spacial score (nSPS) is 10.9. The van der Waals surface area contributed by atoms with E-state index in [9.17, 15) is 9.18 Å². The van der Waals surface area contributed by atoms with Crippen LogP contribution >= 0.6 is 23.4 Å². The smallest absolute Gasteiger partial charge is 0.282 e. The molecule has 0 saturated carbocycles. The number of benzene rings is 2. The lowest BCUT2D eigenvalue weighted by Gasteiger charge is -2.04. The highest BCUT2D eigenvalue weighted by Crippen LogP contribution is 2.37. The third kappa shape index (κ3) is 2.81. The zero-order valence-electron chi connectivity index (χ0n) is 11.2. The number of hydrazine groups is 1. The number of nitrogens with two attached hydrogens (primary N) is 1. The van der Waals surface area contributed by atoms with Crippen molar-refractivity contribution in [2.75, 3.05) is 0 Å². The highest BCUT2D eigenvalue weighted by Gasteiger charge is 2.18. The molecule has 0 unspecified atom stereocenters. The molecule has 0 saturated heterocycles. The number of amides is 1. The second-order valence-electron chi connectivity index (χ2n) is 4.55. The number of aromatic nitrogens is 1. The van der Waals surface area contributed by atoms with Crippen LogP contribution in [0, 0.1) is 5.82 Å². The zero-order valence-corrected chi connectivity index (χ0v) is 12.8. The molecule has 0 bridgehead atoms. The van der Waals surface area contributed by atoms with Gasteiger partial charge in [-0.1, -0.05) is 23.4 Å². The molecule has 1 heterocycles. The Morgan fingerprint density at radius 3 is 2.64 bits per heavy atom. The van der Waals surface area contributed by atoms with Crippen molar-refractivity contribution in [3.05, 3.63) is 59.0 Å². The maximum Gasteiger partial charge on any atom is 0.282 e. The average molecular weight is 336 g/mol. The van der Waals surface area contributed by atoms with Crippen LogP contribution in [0.2, 0.25) is 5.02 Å². The molecule has 0 spiro atoms. The van der Waals surface area contributed by atoms with Crippen LogP contribution in [0.25, 0.3) is 10.9 Å². The first-order valence-electron chi connectivity index (χ1n) is 6.34. The predicted octanol–water partition coefficient (Wildman–Crippen LogP) is 3.72. The molecular weight excluding hydrogens is 325 g/mol. The van der Waals surface area contributed by atoms with Gasteiger partial charge >= 0.3 is 0 Å². The summed E-state index contributed by atoms with van der Waals surface area (Å²) in [6, 6.07) is 11.3. The summed E-state index contributed by atoms with van der Waals surface area (Å²) < 4.78 is 13.0. The lowest BCUT2D eigenvalue weighted by atomic mass is 10.2. The largest absolute Gasteiger partial charge is 0.350 e. The lowest BCUT2D eigenvalue weighted by molar-refractivity contribution is 0.0946. The molecule has 0 aliphatic rings. The maximum atomic E-state index is 13.0. The van der Waals surface area contributed by atoms with E-state index in [0.717, 1.165) is 15.8 Å². The summed E-state index contributed by atoms with van der Waals surface area (Å²) in [5.41, 5.74) is 3.23. The Kier molecular flexibility index (Phi) is 4.06. The number of hydrogen-bond acceptors (Lipinski definition) is 3. The van der Waals surface area contributed by atoms with Crippen molar-refractivity contribution < 1.29 is 9.18 Å². The molecule has 0 aliphatic carbocycles.